The van der Waals surface area contributed by atoms with Gasteiger partial charge in [-0.05, 0) is 102 Å². The fourth-order valence-electron chi connectivity index (χ4n) is 14.2. The van der Waals surface area contributed by atoms with Crippen molar-refractivity contribution in [3.8, 4) is 0 Å². The average Bonchev–Trinajstić information content (AvgIpc) is 0.798. The van der Waals surface area contributed by atoms with Crippen molar-refractivity contribution in [2.75, 3.05) is 78.7 Å². The fraction of sp³-hybridized carbons (Fsp3) is 0.738. The molecule has 16 unspecified atom stereocenters. The minimum Gasteiger partial charge on any atom is -0.456 e. The van der Waals surface area contributed by atoms with Crippen LogP contribution in [-0.2, 0) is 140 Å². The summed E-state index contributed by atoms with van der Waals surface area (Å²) in [6, 6.07) is 4.98. The predicted octanol–water partition coefficient (Wildman–Crippen LogP) is 2.86. The lowest BCUT2D eigenvalue weighted by molar-refractivity contribution is -0.272. The highest BCUT2D eigenvalue weighted by Gasteiger charge is 2.53. The first-order valence-corrected chi connectivity index (χ1v) is 43.2. The molecule has 0 aliphatic carbocycles. The van der Waals surface area contributed by atoms with E-state index in [1.807, 2.05) is 30.3 Å². The van der Waals surface area contributed by atoms with E-state index in [0.29, 0.717) is 103 Å². The van der Waals surface area contributed by atoms with E-state index in [9.17, 15) is 76.7 Å². The van der Waals surface area contributed by atoms with E-state index < -0.39 is 188 Å². The van der Waals surface area contributed by atoms with E-state index in [0.717, 1.165) is 5.56 Å². The molecule has 4 rings (SSSR count). The van der Waals surface area contributed by atoms with Crippen molar-refractivity contribution in [3.05, 3.63) is 35.9 Å². The van der Waals surface area contributed by atoms with Crippen molar-refractivity contribution in [1.82, 2.24) is 58.1 Å². The summed E-state index contributed by atoms with van der Waals surface area (Å²) in [4.78, 5) is 205. The molecule has 0 spiro atoms. The minimum absolute atomic E-state index is 0.0364. The number of esters is 6. The van der Waals surface area contributed by atoms with Gasteiger partial charge in [-0.1, -0.05) is 70.4 Å². The molecule has 0 saturated carbocycles. The number of hydrogen-bond acceptors (Lipinski definition) is 30. The summed E-state index contributed by atoms with van der Waals surface area (Å²) in [5.74, 6) is -7.61. The van der Waals surface area contributed by atoms with Gasteiger partial charge in [0.25, 0.3) is 0 Å². The van der Waals surface area contributed by atoms with Crippen LogP contribution < -0.4 is 53.2 Å². The van der Waals surface area contributed by atoms with Gasteiger partial charge in [-0.3, -0.25) is 76.8 Å². The summed E-state index contributed by atoms with van der Waals surface area (Å²) in [7, 11) is 0. The van der Waals surface area contributed by atoms with Crippen molar-refractivity contribution in [3.63, 3.8) is 0 Å². The first kappa shape index (κ1) is 107. The van der Waals surface area contributed by atoms with Gasteiger partial charge in [-0.25, -0.2) is 4.79 Å². The smallest absolute Gasteiger partial charge is 0.407 e. The van der Waals surface area contributed by atoms with Crippen LogP contribution in [0.5, 0.6) is 0 Å². The molecule has 0 bridgehead atoms. The van der Waals surface area contributed by atoms with Gasteiger partial charge in [0.05, 0.1) is 19.1 Å². The molecule has 124 heavy (non-hydrogen) atoms. The number of benzene rings is 1. The number of carbonyl (C=O) groups is 16. The average molecular weight is 1760 g/mol. The summed E-state index contributed by atoms with van der Waals surface area (Å²) in [5, 5.41) is 28.0. The Morgan fingerprint density at radius 3 is 0.968 bits per heavy atom. The van der Waals surface area contributed by atoms with Crippen LogP contribution in [0.15, 0.2) is 30.3 Å². The second kappa shape index (κ2) is 60.0. The number of nitrogens with zero attached hydrogens (tertiary/aromatic N) is 1. The molecule has 40 heteroatoms. The highest BCUT2D eigenvalue weighted by atomic mass is 16.7. The Labute approximate surface area is 725 Å². The van der Waals surface area contributed by atoms with Crippen LogP contribution in [0.25, 0.3) is 0 Å². The number of amides is 10. The van der Waals surface area contributed by atoms with Crippen LogP contribution in [0.1, 0.15) is 223 Å². The summed E-state index contributed by atoms with van der Waals surface area (Å²) in [6.45, 7) is 17.0. The lowest BCUT2D eigenvalue weighted by atomic mass is 9.94. The maximum Gasteiger partial charge on any atom is 0.407 e. The van der Waals surface area contributed by atoms with E-state index in [1.165, 1.54) is 67.2 Å². The Morgan fingerprint density at radius 2 is 0.653 bits per heavy atom. The predicted molar refractivity (Wildman–Crippen MR) is 442 cm³/mol. The number of carbonyl (C=O) groups excluding carboxylic acids is 16. The first-order chi connectivity index (χ1) is 59.2. The number of nitrogens with one attached hydrogen (secondary N) is 10. The van der Waals surface area contributed by atoms with Crippen LogP contribution in [0.2, 0.25) is 0 Å². The van der Waals surface area contributed by atoms with E-state index >= 15 is 0 Å². The van der Waals surface area contributed by atoms with Crippen LogP contribution >= 0.6 is 0 Å². The van der Waals surface area contributed by atoms with Gasteiger partial charge in [0.1, 0.15) is 43.0 Å². The second-order valence-corrected chi connectivity index (χ2v) is 30.5. The molecule has 700 valence electrons. The third-order valence-corrected chi connectivity index (χ3v) is 19.9. The molecule has 3 fully saturated rings. The molecule has 3 heterocycles. The van der Waals surface area contributed by atoms with Crippen molar-refractivity contribution in [2.24, 2.45) is 0 Å². The highest BCUT2D eigenvalue weighted by Crippen LogP contribution is 2.33. The van der Waals surface area contributed by atoms with Crippen LogP contribution in [0.4, 0.5) is 4.79 Å². The zero-order valence-corrected chi connectivity index (χ0v) is 74.0. The zero-order valence-electron chi connectivity index (χ0n) is 74.0. The monoisotopic (exact) mass is 1760 g/mol. The van der Waals surface area contributed by atoms with Gasteiger partial charge < -0.3 is 115 Å². The number of rotatable bonds is 58. The Hall–Kier alpha value is -9.74. The number of hydrogen-bond donors (Lipinski definition) is 10. The fourth-order valence-corrected chi connectivity index (χ4v) is 14.2. The molecule has 1 aromatic rings. The van der Waals surface area contributed by atoms with Gasteiger partial charge >= 0.3 is 41.9 Å². The maximum atomic E-state index is 14.5. The molecule has 3 aliphatic rings. The molecular formula is C84H135N11O29. The molecule has 40 nitrogen and oxygen atoms in total. The molecule has 16 atom stereocenters. The lowest BCUT2D eigenvalue weighted by Crippen LogP contribution is -2.65. The lowest BCUT2D eigenvalue weighted by Gasteiger charge is -2.45. The van der Waals surface area contributed by atoms with Gasteiger partial charge in [0.15, 0.2) is 55.5 Å². The molecule has 0 radical (unpaired) electrons. The molecule has 10 amide bonds. The quantitative estimate of drug-likeness (QED) is 0.0255. The van der Waals surface area contributed by atoms with E-state index in [1.54, 1.807) is 20.8 Å². The van der Waals surface area contributed by atoms with E-state index in [4.69, 9.17) is 61.6 Å². The molecule has 0 aromatic heterocycles. The van der Waals surface area contributed by atoms with Crippen molar-refractivity contribution < 1.29 is 138 Å². The van der Waals surface area contributed by atoms with E-state index in [2.05, 4.69) is 53.2 Å². The number of unbranched alkanes of at least 4 members (excludes halogenated alkanes) is 7. The van der Waals surface area contributed by atoms with E-state index in [-0.39, 0.29) is 122 Å². The van der Waals surface area contributed by atoms with Crippen LogP contribution in [0.3, 0.4) is 0 Å². The number of ether oxygens (including phenoxy) is 13. The van der Waals surface area contributed by atoms with Crippen LogP contribution in [0, 0.1) is 0 Å². The zero-order chi connectivity index (χ0) is 91.5. The number of alkyl carbamates (subject to hydrolysis) is 1. The third-order valence-electron chi connectivity index (χ3n) is 19.9. The Kier molecular flexibility index (Phi) is 51.6. The molecular weight excluding hydrogens is 1630 g/mol. The molecule has 3 saturated heterocycles. The maximum absolute atomic E-state index is 14.5. The third kappa shape index (κ3) is 42.8. The topological polar surface area (TPSA) is 517 Å². The minimum atomic E-state index is -1.10. The standard InChI is InChI=1S/C84H135N11O29/c1-13-63-74(116-55(7)99)77(119-58(10)102)71(92-52(4)96)81(122-63)112-46-27-17-22-36-66(105)85-40-30-43-88-69(108)49-95(50-70(109)89-44-31-41-86-67(106)37-23-18-28-47-113-82-72(93-53(5)97)78(120-59(11)103)75(117-56(8)100)64(14-2)123-82)62(35-25-26-39-91-84(111)115-51-61-33-20-16-21-34-61)80(110)90-45-32-42-87-68(107)38-24-19-29-48-114-83-73(94-54(6)98)79(121-60(12)104)76(118-57(9)101)65(15-3)124-83/h16,20-21,33-34,62-65,71-79,81-83H,13-15,17-19,22-32,35-51H2,1-12H3,(H,85,105)(H,86,106)(H,87,107)(H,88,108)(H,89,109)(H,90,110)(H,91,111)(H,92,96)(H,93,97)(H,94,98). The largest absolute Gasteiger partial charge is 0.456 e. The van der Waals surface area contributed by atoms with Gasteiger partial charge in [-0.2, -0.15) is 0 Å². The van der Waals surface area contributed by atoms with Gasteiger partial charge in [0.2, 0.25) is 53.2 Å². The molecule has 3 aliphatic heterocycles. The summed E-state index contributed by atoms with van der Waals surface area (Å²) in [5.41, 5.74) is 0.784. The van der Waals surface area contributed by atoms with Crippen LogP contribution in [-0.4, -0.2) is 277 Å². The first-order valence-electron chi connectivity index (χ1n) is 43.2. The summed E-state index contributed by atoms with van der Waals surface area (Å²) < 4.78 is 75.1. The van der Waals surface area contributed by atoms with Crippen molar-refractivity contribution in [2.45, 2.75) is 323 Å². The Morgan fingerprint density at radius 1 is 0.347 bits per heavy atom. The SMILES string of the molecule is CCC1OC(OCCCCCC(=O)NCCCNC(=O)CN(CC(=O)NCCCNC(=O)CCCCCOC2OC(CC)C(OC(C)=O)C(OC(C)=O)C2NC(C)=O)C(CCCCNC(=O)OCc2ccccc2)C(=O)NCCCNC(=O)CCCCCOC2OC(CC)C(OC(C)=O)C(OC(C)=O)C2NC(C)=O)C(NC(C)=O)C(OC(C)=O)C1OC(C)=O. The second-order valence-electron chi connectivity index (χ2n) is 30.5. The normalized spacial score (nSPS) is 22.3. The highest BCUT2D eigenvalue weighted by molar-refractivity contribution is 5.86. The van der Waals surface area contributed by atoms with Gasteiger partial charge in [0, 0.05) is 147 Å². The Bertz CT molecular complexity index is 3400. The molecule has 10 N–H and O–H groups in total. The Balaban J connectivity index is 1.37. The van der Waals surface area contributed by atoms with Crippen molar-refractivity contribution in [1.29, 1.82) is 0 Å². The summed E-state index contributed by atoms with van der Waals surface area (Å²) in [6.07, 6.45) is -4.52. The van der Waals surface area contributed by atoms with Crippen molar-refractivity contribution >= 4 is 95.1 Å². The summed E-state index contributed by atoms with van der Waals surface area (Å²) >= 11 is 0. The van der Waals surface area contributed by atoms with Gasteiger partial charge in [-0.15, -0.1) is 0 Å². The molecule has 1 aromatic carbocycles.